The summed E-state index contributed by atoms with van der Waals surface area (Å²) in [6.07, 6.45) is 3.76. The van der Waals surface area contributed by atoms with E-state index in [-0.39, 0.29) is 5.56 Å². The van der Waals surface area contributed by atoms with Crippen molar-refractivity contribution < 1.29 is 13.2 Å². The Balaban J connectivity index is 2.34. The highest BCUT2D eigenvalue weighted by Crippen LogP contribution is 2.24. The molecule has 0 aliphatic carbocycles. The largest absolute Gasteiger partial charge is 0.335 e. The number of nitrogens with zero attached hydrogens (tertiary/aromatic N) is 2. The van der Waals surface area contributed by atoms with Crippen LogP contribution in [0.4, 0.5) is 13.2 Å². The lowest BCUT2D eigenvalue weighted by Gasteiger charge is -2.18. The number of hydrogen-bond donors (Lipinski definition) is 1. The van der Waals surface area contributed by atoms with E-state index in [4.69, 9.17) is 0 Å². The normalized spacial score (nSPS) is 12.7. The summed E-state index contributed by atoms with van der Waals surface area (Å²) in [5.41, 5.74) is -0.167. The van der Waals surface area contributed by atoms with Gasteiger partial charge in [0.1, 0.15) is 23.3 Å². The number of imidazole rings is 1. The van der Waals surface area contributed by atoms with Crippen molar-refractivity contribution in [3.63, 3.8) is 0 Å². The molecular weight excluding hydrogens is 267 g/mol. The fourth-order valence-electron chi connectivity index (χ4n) is 2.24. The van der Waals surface area contributed by atoms with Crippen LogP contribution in [-0.2, 0) is 13.0 Å². The van der Waals surface area contributed by atoms with E-state index in [1.807, 2.05) is 11.5 Å². The van der Waals surface area contributed by atoms with Crippen LogP contribution >= 0.6 is 0 Å². The number of benzene rings is 1. The third kappa shape index (κ3) is 2.85. The molecule has 1 heterocycles. The highest BCUT2D eigenvalue weighted by atomic mass is 19.1. The Bertz CT molecular complexity index is 572. The van der Waals surface area contributed by atoms with E-state index in [9.17, 15) is 13.2 Å². The molecular formula is C14H16F3N3. The molecule has 0 spiro atoms. The summed E-state index contributed by atoms with van der Waals surface area (Å²) in [7, 11) is 1.60. The second-order valence-electron chi connectivity index (χ2n) is 4.46. The fraction of sp³-hybridized carbons (Fsp3) is 0.357. The molecule has 0 amide bonds. The quantitative estimate of drug-likeness (QED) is 0.914. The molecule has 2 aromatic rings. The van der Waals surface area contributed by atoms with Crippen LogP contribution in [0.25, 0.3) is 0 Å². The zero-order valence-corrected chi connectivity index (χ0v) is 11.3. The first kappa shape index (κ1) is 14.6. The summed E-state index contributed by atoms with van der Waals surface area (Å²) < 4.78 is 42.5. The van der Waals surface area contributed by atoms with Crippen LogP contribution in [0.2, 0.25) is 0 Å². The van der Waals surface area contributed by atoms with Crippen molar-refractivity contribution in [3.8, 4) is 0 Å². The van der Waals surface area contributed by atoms with Crippen molar-refractivity contribution in [1.82, 2.24) is 14.9 Å². The predicted molar refractivity (Wildman–Crippen MR) is 69.7 cm³/mol. The van der Waals surface area contributed by atoms with Gasteiger partial charge in [-0.05, 0) is 14.0 Å². The summed E-state index contributed by atoms with van der Waals surface area (Å²) in [4.78, 5) is 4.18. The van der Waals surface area contributed by atoms with Gasteiger partial charge in [0.25, 0.3) is 0 Å². The van der Waals surface area contributed by atoms with Crippen molar-refractivity contribution in [2.75, 3.05) is 7.05 Å². The summed E-state index contributed by atoms with van der Waals surface area (Å²) >= 11 is 0. The topological polar surface area (TPSA) is 29.9 Å². The van der Waals surface area contributed by atoms with Crippen LogP contribution in [0, 0.1) is 17.5 Å². The number of likely N-dealkylation sites (N-methyl/N-ethyl adjacent to an activating group) is 1. The molecule has 1 atom stereocenters. The summed E-state index contributed by atoms with van der Waals surface area (Å²) in [6, 6.07) is 0.771. The standard InChI is InChI=1S/C14H16F3N3/c1-3-20-5-4-19-13(20)8-12(18-2)14-10(16)6-9(15)7-11(14)17/h4-7,12,18H,3,8H2,1-2H3. The minimum atomic E-state index is -0.923. The summed E-state index contributed by atoms with van der Waals surface area (Å²) in [5.74, 6) is -1.99. The molecule has 1 aromatic heterocycles. The van der Waals surface area contributed by atoms with Gasteiger partial charge in [-0.2, -0.15) is 0 Å². The summed E-state index contributed by atoms with van der Waals surface area (Å²) in [5, 5.41) is 2.85. The second kappa shape index (κ2) is 6.09. The van der Waals surface area contributed by atoms with Crippen LogP contribution < -0.4 is 5.32 Å². The minimum Gasteiger partial charge on any atom is -0.335 e. The molecule has 1 N–H and O–H groups in total. The lowest BCUT2D eigenvalue weighted by Crippen LogP contribution is -2.23. The molecule has 0 fully saturated rings. The number of aryl methyl sites for hydroxylation is 1. The Morgan fingerprint density at radius 3 is 2.45 bits per heavy atom. The molecule has 0 bridgehead atoms. The Hall–Kier alpha value is -1.82. The number of nitrogens with one attached hydrogen (secondary N) is 1. The van der Waals surface area contributed by atoms with Gasteiger partial charge in [-0.25, -0.2) is 18.2 Å². The molecule has 3 nitrogen and oxygen atoms in total. The van der Waals surface area contributed by atoms with Gasteiger partial charge in [-0.1, -0.05) is 0 Å². The lowest BCUT2D eigenvalue weighted by molar-refractivity contribution is 0.466. The van der Waals surface area contributed by atoms with Crippen molar-refractivity contribution in [2.24, 2.45) is 0 Å². The van der Waals surface area contributed by atoms with Crippen LogP contribution in [0.15, 0.2) is 24.5 Å². The van der Waals surface area contributed by atoms with E-state index in [1.165, 1.54) is 0 Å². The van der Waals surface area contributed by atoms with Crippen LogP contribution in [-0.4, -0.2) is 16.6 Å². The van der Waals surface area contributed by atoms with E-state index in [0.29, 0.717) is 18.6 Å². The minimum absolute atomic E-state index is 0.167. The monoisotopic (exact) mass is 283 g/mol. The number of halogens is 3. The second-order valence-corrected chi connectivity index (χ2v) is 4.46. The fourth-order valence-corrected chi connectivity index (χ4v) is 2.24. The molecule has 2 rings (SSSR count). The van der Waals surface area contributed by atoms with Crippen molar-refractivity contribution >= 4 is 0 Å². The zero-order valence-electron chi connectivity index (χ0n) is 11.3. The van der Waals surface area contributed by atoms with Crippen molar-refractivity contribution in [1.29, 1.82) is 0 Å². The maximum atomic E-state index is 13.8. The molecule has 1 aromatic carbocycles. The van der Waals surface area contributed by atoms with E-state index < -0.39 is 23.5 Å². The highest BCUT2D eigenvalue weighted by Gasteiger charge is 2.22. The SMILES string of the molecule is CCn1ccnc1CC(NC)c1c(F)cc(F)cc1F. The van der Waals surface area contributed by atoms with Gasteiger partial charge in [0, 0.05) is 49.1 Å². The molecule has 0 saturated carbocycles. The Kier molecular flexibility index (Phi) is 4.44. The average molecular weight is 283 g/mol. The van der Waals surface area contributed by atoms with Gasteiger partial charge in [-0.15, -0.1) is 0 Å². The molecule has 6 heteroatoms. The number of hydrogen-bond acceptors (Lipinski definition) is 2. The molecule has 20 heavy (non-hydrogen) atoms. The van der Waals surface area contributed by atoms with Gasteiger partial charge in [0.15, 0.2) is 0 Å². The molecule has 0 radical (unpaired) electrons. The lowest BCUT2D eigenvalue weighted by atomic mass is 10.0. The average Bonchev–Trinajstić information content (AvgIpc) is 2.83. The maximum Gasteiger partial charge on any atom is 0.133 e. The van der Waals surface area contributed by atoms with Crippen molar-refractivity contribution in [3.05, 3.63) is 53.4 Å². The first-order valence-electron chi connectivity index (χ1n) is 6.38. The molecule has 0 aliphatic heterocycles. The maximum absolute atomic E-state index is 13.8. The highest BCUT2D eigenvalue weighted by molar-refractivity contribution is 5.25. The first-order valence-corrected chi connectivity index (χ1v) is 6.38. The van der Waals surface area contributed by atoms with Gasteiger partial charge < -0.3 is 9.88 Å². The van der Waals surface area contributed by atoms with Crippen molar-refractivity contribution in [2.45, 2.75) is 25.9 Å². The third-order valence-electron chi connectivity index (χ3n) is 3.27. The van der Waals surface area contributed by atoms with Gasteiger partial charge in [0.2, 0.25) is 0 Å². The van der Waals surface area contributed by atoms with E-state index in [1.54, 1.807) is 19.4 Å². The molecule has 0 saturated heterocycles. The number of aromatic nitrogens is 2. The zero-order chi connectivity index (χ0) is 14.7. The van der Waals surface area contributed by atoms with Crippen LogP contribution in [0.3, 0.4) is 0 Å². The Labute approximate surface area is 115 Å². The van der Waals surface area contributed by atoms with Gasteiger partial charge in [-0.3, -0.25) is 0 Å². The first-order chi connectivity index (χ1) is 9.56. The van der Waals surface area contributed by atoms with Crippen LogP contribution in [0.1, 0.15) is 24.4 Å². The molecule has 108 valence electrons. The van der Waals surface area contributed by atoms with Crippen LogP contribution in [0.5, 0.6) is 0 Å². The van der Waals surface area contributed by atoms with E-state index in [2.05, 4.69) is 10.3 Å². The molecule has 1 unspecified atom stereocenters. The van der Waals surface area contributed by atoms with E-state index >= 15 is 0 Å². The predicted octanol–water partition coefficient (Wildman–Crippen LogP) is 2.82. The number of rotatable bonds is 5. The third-order valence-corrected chi connectivity index (χ3v) is 3.27. The Morgan fingerprint density at radius 2 is 1.90 bits per heavy atom. The van der Waals surface area contributed by atoms with Gasteiger partial charge >= 0.3 is 0 Å². The Morgan fingerprint density at radius 1 is 1.25 bits per heavy atom. The molecule has 0 aliphatic rings. The smallest absolute Gasteiger partial charge is 0.133 e. The van der Waals surface area contributed by atoms with E-state index in [0.717, 1.165) is 12.4 Å². The summed E-state index contributed by atoms with van der Waals surface area (Å²) in [6.45, 7) is 2.68. The van der Waals surface area contributed by atoms with Gasteiger partial charge in [0.05, 0.1) is 0 Å².